The van der Waals surface area contributed by atoms with Crippen LogP contribution in [0.3, 0.4) is 0 Å². The van der Waals surface area contributed by atoms with Crippen molar-refractivity contribution in [2.75, 3.05) is 39.9 Å². The van der Waals surface area contributed by atoms with Crippen LogP contribution >= 0.6 is 0 Å². The van der Waals surface area contributed by atoms with E-state index in [4.69, 9.17) is 4.74 Å². The van der Waals surface area contributed by atoms with Gasteiger partial charge in [-0.1, -0.05) is 52.0 Å². The molecule has 148 valence electrons. The second-order valence-electron chi connectivity index (χ2n) is 6.95. The molecule has 0 saturated carbocycles. The van der Waals surface area contributed by atoms with Crippen LogP contribution in [0.5, 0.6) is 0 Å². The second-order valence-corrected chi connectivity index (χ2v) is 6.95. The van der Waals surface area contributed by atoms with Crippen molar-refractivity contribution >= 4 is 5.96 Å². The third kappa shape index (κ3) is 9.78. The molecule has 1 rings (SSSR count). The molecule has 2 N–H and O–H groups in total. The van der Waals surface area contributed by atoms with Crippen molar-refractivity contribution in [3.8, 4) is 0 Å². The first kappa shape index (κ1) is 22.5. The van der Waals surface area contributed by atoms with Gasteiger partial charge in [0.2, 0.25) is 0 Å². The SMILES string of the molecule is CCN(CC)Cc1ccc(CNC(=NC)NCCCOCC(C)C)cc1. The zero-order valence-corrected chi connectivity index (χ0v) is 17.3. The Morgan fingerprint density at radius 1 is 1.08 bits per heavy atom. The van der Waals surface area contributed by atoms with Crippen LogP contribution in [0.25, 0.3) is 0 Å². The van der Waals surface area contributed by atoms with E-state index in [2.05, 4.69) is 72.5 Å². The summed E-state index contributed by atoms with van der Waals surface area (Å²) < 4.78 is 5.59. The number of rotatable bonds is 12. The quantitative estimate of drug-likeness (QED) is 0.340. The van der Waals surface area contributed by atoms with Gasteiger partial charge in [0.1, 0.15) is 0 Å². The highest BCUT2D eigenvalue weighted by molar-refractivity contribution is 5.79. The van der Waals surface area contributed by atoms with E-state index in [0.717, 1.165) is 58.3 Å². The summed E-state index contributed by atoms with van der Waals surface area (Å²) in [6.07, 6.45) is 0.980. The first-order valence-electron chi connectivity index (χ1n) is 9.91. The summed E-state index contributed by atoms with van der Waals surface area (Å²) >= 11 is 0. The Morgan fingerprint density at radius 2 is 1.73 bits per heavy atom. The monoisotopic (exact) mass is 362 g/mol. The summed E-state index contributed by atoms with van der Waals surface area (Å²) in [4.78, 5) is 6.70. The number of aliphatic imine (C=N–C) groups is 1. The number of ether oxygens (including phenoxy) is 1. The summed E-state index contributed by atoms with van der Waals surface area (Å²) in [6, 6.07) is 8.83. The van der Waals surface area contributed by atoms with Crippen LogP contribution in [0.1, 0.15) is 45.2 Å². The fraction of sp³-hybridized carbons (Fsp3) is 0.667. The second kappa shape index (κ2) is 13.6. The lowest BCUT2D eigenvalue weighted by molar-refractivity contribution is 0.108. The first-order chi connectivity index (χ1) is 12.6. The summed E-state index contributed by atoms with van der Waals surface area (Å²) in [5.74, 6) is 1.43. The van der Waals surface area contributed by atoms with Gasteiger partial charge in [0.25, 0.3) is 0 Å². The van der Waals surface area contributed by atoms with E-state index >= 15 is 0 Å². The molecule has 5 heteroatoms. The van der Waals surface area contributed by atoms with Gasteiger partial charge in [-0.25, -0.2) is 0 Å². The molecule has 1 aromatic rings. The molecule has 0 aliphatic carbocycles. The van der Waals surface area contributed by atoms with E-state index in [9.17, 15) is 0 Å². The zero-order valence-electron chi connectivity index (χ0n) is 17.3. The van der Waals surface area contributed by atoms with Crippen LogP contribution in [-0.4, -0.2) is 50.8 Å². The molecule has 5 nitrogen and oxygen atoms in total. The van der Waals surface area contributed by atoms with Crippen LogP contribution in [0.15, 0.2) is 29.3 Å². The van der Waals surface area contributed by atoms with Gasteiger partial charge < -0.3 is 15.4 Å². The van der Waals surface area contributed by atoms with Gasteiger partial charge in [0.15, 0.2) is 5.96 Å². The Balaban J connectivity index is 2.28. The minimum atomic E-state index is 0.593. The smallest absolute Gasteiger partial charge is 0.191 e. The predicted molar refractivity (Wildman–Crippen MR) is 112 cm³/mol. The fourth-order valence-electron chi connectivity index (χ4n) is 2.57. The maximum atomic E-state index is 5.59. The highest BCUT2D eigenvalue weighted by Crippen LogP contribution is 2.07. The molecule has 0 atom stereocenters. The molecule has 1 aromatic carbocycles. The van der Waals surface area contributed by atoms with Crippen LogP contribution in [0.4, 0.5) is 0 Å². The Hall–Kier alpha value is -1.59. The van der Waals surface area contributed by atoms with Crippen LogP contribution < -0.4 is 10.6 Å². The molecule has 0 amide bonds. The molecule has 0 radical (unpaired) electrons. The number of benzene rings is 1. The highest BCUT2D eigenvalue weighted by Gasteiger charge is 2.02. The van der Waals surface area contributed by atoms with E-state index in [-0.39, 0.29) is 0 Å². The lowest BCUT2D eigenvalue weighted by atomic mass is 10.1. The Bertz CT molecular complexity index is 495. The number of hydrogen-bond acceptors (Lipinski definition) is 3. The normalized spacial score (nSPS) is 12.0. The largest absolute Gasteiger partial charge is 0.381 e. The third-order valence-corrected chi connectivity index (χ3v) is 4.22. The molecule has 0 saturated heterocycles. The van der Waals surface area contributed by atoms with Crippen molar-refractivity contribution in [3.05, 3.63) is 35.4 Å². The number of nitrogens with one attached hydrogen (secondary N) is 2. The van der Waals surface area contributed by atoms with Crippen molar-refractivity contribution in [2.45, 2.75) is 47.2 Å². The molecule has 0 spiro atoms. The average molecular weight is 363 g/mol. The van der Waals surface area contributed by atoms with Crippen LogP contribution in [0, 0.1) is 5.92 Å². The van der Waals surface area contributed by atoms with Crippen molar-refractivity contribution in [1.29, 1.82) is 0 Å². The van der Waals surface area contributed by atoms with Gasteiger partial charge in [-0.3, -0.25) is 9.89 Å². The van der Waals surface area contributed by atoms with E-state index in [0.29, 0.717) is 5.92 Å². The zero-order chi connectivity index (χ0) is 19.2. The molecular weight excluding hydrogens is 324 g/mol. The molecule has 0 aliphatic heterocycles. The summed E-state index contributed by atoms with van der Waals surface area (Å²) in [5.41, 5.74) is 2.62. The average Bonchev–Trinajstić information content (AvgIpc) is 2.65. The van der Waals surface area contributed by atoms with Crippen LogP contribution in [0.2, 0.25) is 0 Å². The van der Waals surface area contributed by atoms with Crippen molar-refractivity contribution in [2.24, 2.45) is 10.9 Å². The van der Waals surface area contributed by atoms with Crippen LogP contribution in [-0.2, 0) is 17.8 Å². The third-order valence-electron chi connectivity index (χ3n) is 4.22. The Labute approximate surface area is 160 Å². The minimum absolute atomic E-state index is 0.593. The standard InChI is InChI=1S/C21H38N4O/c1-6-25(7-2)16-20-11-9-19(10-12-20)15-24-21(22-5)23-13-8-14-26-17-18(3)4/h9-12,18H,6-8,13-17H2,1-5H3,(H2,22,23,24). The number of hydrogen-bond donors (Lipinski definition) is 2. The highest BCUT2D eigenvalue weighted by atomic mass is 16.5. The molecular formula is C21H38N4O. The van der Waals surface area contributed by atoms with Gasteiger partial charge >= 0.3 is 0 Å². The fourth-order valence-corrected chi connectivity index (χ4v) is 2.57. The molecule has 26 heavy (non-hydrogen) atoms. The molecule has 0 bridgehead atoms. The molecule has 0 aromatic heterocycles. The van der Waals surface area contributed by atoms with Gasteiger partial charge in [-0.05, 0) is 36.6 Å². The summed E-state index contributed by atoms with van der Waals surface area (Å²) in [6.45, 7) is 15.2. The topological polar surface area (TPSA) is 48.9 Å². The van der Waals surface area contributed by atoms with Crippen molar-refractivity contribution < 1.29 is 4.74 Å². The maximum absolute atomic E-state index is 5.59. The van der Waals surface area contributed by atoms with E-state index in [1.54, 1.807) is 7.05 Å². The number of guanidine groups is 1. The van der Waals surface area contributed by atoms with Crippen molar-refractivity contribution in [3.63, 3.8) is 0 Å². The Morgan fingerprint density at radius 3 is 2.31 bits per heavy atom. The lowest BCUT2D eigenvalue weighted by Crippen LogP contribution is -2.37. The number of nitrogens with zero attached hydrogens (tertiary/aromatic N) is 2. The van der Waals surface area contributed by atoms with E-state index < -0.39 is 0 Å². The molecule has 0 heterocycles. The van der Waals surface area contributed by atoms with Gasteiger partial charge in [0.05, 0.1) is 0 Å². The van der Waals surface area contributed by atoms with E-state index in [1.165, 1.54) is 11.1 Å². The lowest BCUT2D eigenvalue weighted by Gasteiger charge is -2.18. The minimum Gasteiger partial charge on any atom is -0.381 e. The first-order valence-corrected chi connectivity index (χ1v) is 9.91. The summed E-state index contributed by atoms with van der Waals surface area (Å²) in [5, 5.41) is 6.70. The Kier molecular flexibility index (Phi) is 11.7. The van der Waals surface area contributed by atoms with E-state index in [1.807, 2.05) is 0 Å². The molecule has 0 aliphatic rings. The predicted octanol–water partition coefficient (Wildman–Crippen LogP) is 3.26. The summed E-state index contributed by atoms with van der Waals surface area (Å²) in [7, 11) is 1.80. The van der Waals surface area contributed by atoms with Crippen molar-refractivity contribution in [1.82, 2.24) is 15.5 Å². The maximum Gasteiger partial charge on any atom is 0.191 e. The molecule has 0 fully saturated rings. The molecule has 0 unspecified atom stereocenters. The van der Waals surface area contributed by atoms with Gasteiger partial charge in [-0.2, -0.15) is 0 Å². The van der Waals surface area contributed by atoms with Gasteiger partial charge in [-0.15, -0.1) is 0 Å². The van der Waals surface area contributed by atoms with Gasteiger partial charge in [0, 0.05) is 39.9 Å².